The molecule has 0 bridgehead atoms. The van der Waals surface area contributed by atoms with E-state index in [-0.39, 0.29) is 5.56 Å². The van der Waals surface area contributed by atoms with Crippen LogP contribution < -0.4 is 16.0 Å². The average molecular weight is 344 g/mol. The molecule has 0 saturated heterocycles. The van der Waals surface area contributed by atoms with Gasteiger partial charge in [-0.25, -0.2) is 9.78 Å². The molecule has 0 aliphatic carbocycles. The molecular weight excluding hydrogens is 324 g/mol. The van der Waals surface area contributed by atoms with E-state index in [9.17, 15) is 9.59 Å². The first-order chi connectivity index (χ1) is 12.1. The SMILES string of the molecule is Cn1c(=O)c2c(ncn2CCOCCOc2ccccc2)n(C)c1=O. The van der Waals surface area contributed by atoms with Gasteiger partial charge in [-0.05, 0) is 12.1 Å². The molecule has 8 nitrogen and oxygen atoms in total. The zero-order valence-electron chi connectivity index (χ0n) is 14.2. The van der Waals surface area contributed by atoms with Crippen LogP contribution in [-0.2, 0) is 25.4 Å². The smallest absolute Gasteiger partial charge is 0.332 e. The summed E-state index contributed by atoms with van der Waals surface area (Å²) in [5.41, 5.74) is 0.0225. The first-order valence-corrected chi connectivity index (χ1v) is 7.96. The van der Waals surface area contributed by atoms with Gasteiger partial charge in [0.1, 0.15) is 12.4 Å². The van der Waals surface area contributed by atoms with E-state index < -0.39 is 5.69 Å². The van der Waals surface area contributed by atoms with Crippen molar-refractivity contribution >= 4 is 11.2 Å². The van der Waals surface area contributed by atoms with Gasteiger partial charge in [0.25, 0.3) is 5.56 Å². The number of benzene rings is 1. The van der Waals surface area contributed by atoms with Gasteiger partial charge in [0.2, 0.25) is 0 Å². The van der Waals surface area contributed by atoms with Crippen LogP contribution in [-0.4, -0.2) is 38.5 Å². The van der Waals surface area contributed by atoms with E-state index in [2.05, 4.69) is 4.98 Å². The Balaban J connectivity index is 1.57. The lowest BCUT2D eigenvalue weighted by Crippen LogP contribution is -2.37. The summed E-state index contributed by atoms with van der Waals surface area (Å²) >= 11 is 0. The Kier molecular flexibility index (Phi) is 4.99. The highest BCUT2D eigenvalue weighted by molar-refractivity contribution is 5.69. The van der Waals surface area contributed by atoms with Gasteiger partial charge in [-0.2, -0.15) is 0 Å². The molecule has 0 saturated carbocycles. The Labute approximate surface area is 143 Å². The van der Waals surface area contributed by atoms with Crippen molar-refractivity contribution in [1.82, 2.24) is 18.7 Å². The Morgan fingerprint density at radius 1 is 1.00 bits per heavy atom. The lowest BCUT2D eigenvalue weighted by molar-refractivity contribution is 0.0948. The fourth-order valence-corrected chi connectivity index (χ4v) is 2.57. The van der Waals surface area contributed by atoms with Crippen LogP contribution in [0.5, 0.6) is 5.75 Å². The van der Waals surface area contributed by atoms with Gasteiger partial charge < -0.3 is 14.0 Å². The number of para-hydroxylation sites is 1. The van der Waals surface area contributed by atoms with Crippen LogP contribution in [0.25, 0.3) is 11.2 Å². The van der Waals surface area contributed by atoms with Crippen molar-refractivity contribution in [3.8, 4) is 5.75 Å². The molecule has 3 rings (SSSR count). The minimum atomic E-state index is -0.392. The number of aryl methyl sites for hydroxylation is 1. The van der Waals surface area contributed by atoms with Crippen molar-refractivity contribution < 1.29 is 9.47 Å². The van der Waals surface area contributed by atoms with Gasteiger partial charge >= 0.3 is 5.69 Å². The number of aromatic nitrogens is 4. The predicted octanol–water partition coefficient (Wildman–Crippen LogP) is 0.529. The Morgan fingerprint density at radius 3 is 2.52 bits per heavy atom. The molecule has 0 amide bonds. The second-order valence-electron chi connectivity index (χ2n) is 5.59. The molecule has 0 atom stereocenters. The van der Waals surface area contributed by atoms with Gasteiger partial charge in [0.05, 0.1) is 19.5 Å². The van der Waals surface area contributed by atoms with Gasteiger partial charge in [0.15, 0.2) is 11.2 Å². The first-order valence-electron chi connectivity index (χ1n) is 7.96. The summed E-state index contributed by atoms with van der Waals surface area (Å²) in [5, 5.41) is 0. The molecule has 0 N–H and O–H groups in total. The topological polar surface area (TPSA) is 80.3 Å². The predicted molar refractivity (Wildman–Crippen MR) is 93.0 cm³/mol. The molecule has 3 aromatic rings. The minimum Gasteiger partial charge on any atom is -0.491 e. The zero-order valence-corrected chi connectivity index (χ0v) is 14.2. The maximum atomic E-state index is 12.3. The summed E-state index contributed by atoms with van der Waals surface area (Å²) in [5.74, 6) is 0.802. The second-order valence-corrected chi connectivity index (χ2v) is 5.59. The van der Waals surface area contributed by atoms with Crippen molar-refractivity contribution in [1.29, 1.82) is 0 Å². The molecule has 132 valence electrons. The number of ether oxygens (including phenoxy) is 2. The van der Waals surface area contributed by atoms with Crippen LogP contribution in [0.15, 0.2) is 46.2 Å². The summed E-state index contributed by atoms with van der Waals surface area (Å²) < 4.78 is 15.2. The Hall–Kier alpha value is -2.87. The Bertz CT molecular complexity index is 972. The maximum Gasteiger partial charge on any atom is 0.332 e. The number of rotatable bonds is 7. The fourth-order valence-electron chi connectivity index (χ4n) is 2.57. The summed E-state index contributed by atoms with van der Waals surface area (Å²) in [4.78, 5) is 28.4. The highest BCUT2D eigenvalue weighted by Crippen LogP contribution is 2.08. The van der Waals surface area contributed by atoms with E-state index in [1.165, 1.54) is 11.6 Å². The lowest BCUT2D eigenvalue weighted by atomic mass is 10.3. The Morgan fingerprint density at radius 2 is 1.76 bits per heavy atom. The molecule has 0 radical (unpaired) electrons. The van der Waals surface area contributed by atoms with Crippen LogP contribution in [0.4, 0.5) is 0 Å². The number of fused-ring (bicyclic) bond motifs is 1. The van der Waals surface area contributed by atoms with Crippen molar-refractivity contribution in [2.24, 2.45) is 14.1 Å². The van der Waals surface area contributed by atoms with E-state index in [1.807, 2.05) is 30.3 Å². The average Bonchev–Trinajstić information content (AvgIpc) is 3.06. The quantitative estimate of drug-likeness (QED) is 0.584. The normalized spacial score (nSPS) is 11.1. The van der Waals surface area contributed by atoms with Gasteiger partial charge in [0, 0.05) is 20.6 Å². The summed E-state index contributed by atoms with van der Waals surface area (Å²) in [6.45, 7) is 1.77. The number of imidazole rings is 1. The van der Waals surface area contributed by atoms with Gasteiger partial charge in [-0.3, -0.25) is 13.9 Å². The molecule has 0 fully saturated rings. The van der Waals surface area contributed by atoms with E-state index in [0.29, 0.717) is 37.5 Å². The summed E-state index contributed by atoms with van der Waals surface area (Å²) in [6, 6.07) is 9.52. The minimum absolute atomic E-state index is 0.358. The largest absolute Gasteiger partial charge is 0.491 e. The molecule has 0 aliphatic rings. The molecule has 2 aromatic heterocycles. The van der Waals surface area contributed by atoms with Crippen LogP contribution >= 0.6 is 0 Å². The second kappa shape index (κ2) is 7.35. The number of hydrogen-bond donors (Lipinski definition) is 0. The number of hydrogen-bond acceptors (Lipinski definition) is 5. The molecule has 25 heavy (non-hydrogen) atoms. The summed E-state index contributed by atoms with van der Waals surface area (Å²) in [6.07, 6.45) is 1.55. The highest BCUT2D eigenvalue weighted by Gasteiger charge is 2.13. The molecule has 0 unspecified atom stereocenters. The molecular formula is C17H20N4O4. The van der Waals surface area contributed by atoms with Crippen molar-refractivity contribution in [2.45, 2.75) is 6.54 Å². The number of nitrogens with zero attached hydrogens (tertiary/aromatic N) is 4. The molecule has 0 spiro atoms. The van der Waals surface area contributed by atoms with Crippen LogP contribution in [0.1, 0.15) is 0 Å². The highest BCUT2D eigenvalue weighted by atomic mass is 16.5. The van der Waals surface area contributed by atoms with Crippen LogP contribution in [0, 0.1) is 0 Å². The van der Waals surface area contributed by atoms with Crippen molar-refractivity contribution in [3.05, 3.63) is 57.5 Å². The lowest BCUT2D eigenvalue weighted by Gasteiger charge is -2.08. The van der Waals surface area contributed by atoms with Crippen molar-refractivity contribution in [3.63, 3.8) is 0 Å². The first kappa shape index (κ1) is 17.0. The molecule has 2 heterocycles. The summed E-state index contributed by atoms with van der Waals surface area (Å²) in [7, 11) is 3.05. The van der Waals surface area contributed by atoms with E-state index >= 15 is 0 Å². The molecule has 1 aromatic carbocycles. The monoisotopic (exact) mass is 344 g/mol. The third-order valence-electron chi connectivity index (χ3n) is 3.93. The zero-order chi connectivity index (χ0) is 17.8. The fraction of sp³-hybridized carbons (Fsp3) is 0.353. The van der Waals surface area contributed by atoms with Gasteiger partial charge in [-0.15, -0.1) is 0 Å². The maximum absolute atomic E-state index is 12.3. The molecule has 0 aliphatic heterocycles. The van der Waals surface area contributed by atoms with Gasteiger partial charge in [-0.1, -0.05) is 18.2 Å². The van der Waals surface area contributed by atoms with Crippen LogP contribution in [0.3, 0.4) is 0 Å². The molecule has 8 heteroatoms. The van der Waals surface area contributed by atoms with Crippen molar-refractivity contribution in [2.75, 3.05) is 19.8 Å². The van der Waals surface area contributed by atoms with E-state index in [4.69, 9.17) is 9.47 Å². The van der Waals surface area contributed by atoms with E-state index in [1.54, 1.807) is 17.9 Å². The van der Waals surface area contributed by atoms with Crippen LogP contribution in [0.2, 0.25) is 0 Å². The third kappa shape index (κ3) is 3.48. The standard InChI is InChI=1S/C17H20N4O4/c1-19-15-14(16(22)20(2)17(19)23)21(12-18-15)8-9-24-10-11-25-13-6-4-3-5-7-13/h3-7,12H,8-11H2,1-2H3. The third-order valence-corrected chi connectivity index (χ3v) is 3.93. The van der Waals surface area contributed by atoms with E-state index in [0.717, 1.165) is 10.3 Å².